The summed E-state index contributed by atoms with van der Waals surface area (Å²) in [4.78, 5) is 0. The standard InChI is InChI=1S/C22H16/c1-2-4-6-22-16-18-8-12-20(22)14-10-17-7-11-19(13-9-18)21(15-17)5-3-1/h1-2,7-8,11-12,15-16H,9-10,13-14H2/b2-1-. The van der Waals surface area contributed by atoms with Crippen LogP contribution < -0.4 is 0 Å². The van der Waals surface area contributed by atoms with E-state index in [1.807, 2.05) is 12.2 Å². The number of benzene rings is 2. The maximum atomic E-state index is 3.30. The third kappa shape index (κ3) is 2.57. The number of aryl methyl sites for hydroxylation is 4. The monoisotopic (exact) mass is 280 g/mol. The number of hydrogen-bond donors (Lipinski definition) is 0. The molecule has 6 aliphatic rings. The Kier molecular flexibility index (Phi) is 3.30. The van der Waals surface area contributed by atoms with Crippen LogP contribution in [0.5, 0.6) is 0 Å². The molecule has 0 radical (unpaired) electrons. The highest BCUT2D eigenvalue weighted by Gasteiger charge is 2.09. The van der Waals surface area contributed by atoms with Gasteiger partial charge in [-0.25, -0.2) is 0 Å². The number of hydrogen-bond acceptors (Lipinski definition) is 0. The molecular formula is C22H16. The van der Waals surface area contributed by atoms with Gasteiger partial charge in [-0.3, -0.25) is 0 Å². The zero-order valence-electron chi connectivity index (χ0n) is 12.4. The van der Waals surface area contributed by atoms with Crippen LogP contribution in [0.1, 0.15) is 33.4 Å². The smallest absolute Gasteiger partial charge is 0.0283 e. The SMILES string of the molecule is C1#Cc2cc3ccc2CCc2ccc(c(c2)C#C/C=C\1)CC3. The third-order valence-corrected chi connectivity index (χ3v) is 4.38. The number of allylic oxidation sites excluding steroid dienone is 2. The fourth-order valence-electron chi connectivity index (χ4n) is 3.11. The lowest BCUT2D eigenvalue weighted by Gasteiger charge is -2.13. The van der Waals surface area contributed by atoms with Crippen molar-refractivity contribution >= 4 is 0 Å². The molecule has 6 bridgehead atoms. The van der Waals surface area contributed by atoms with Crippen molar-refractivity contribution < 1.29 is 0 Å². The van der Waals surface area contributed by atoms with Crippen LogP contribution in [0.4, 0.5) is 0 Å². The molecule has 0 nitrogen and oxygen atoms in total. The Morgan fingerprint density at radius 2 is 1.09 bits per heavy atom. The summed E-state index contributed by atoms with van der Waals surface area (Å²) in [6.07, 6.45) is 7.83. The van der Waals surface area contributed by atoms with Crippen molar-refractivity contribution in [1.29, 1.82) is 0 Å². The Morgan fingerprint density at radius 1 is 0.591 bits per heavy atom. The summed E-state index contributed by atoms with van der Waals surface area (Å²) >= 11 is 0. The summed E-state index contributed by atoms with van der Waals surface area (Å²) in [7, 11) is 0. The molecule has 2 aromatic carbocycles. The zero-order valence-corrected chi connectivity index (χ0v) is 12.4. The fraction of sp³-hybridized carbons (Fsp3) is 0.182. The van der Waals surface area contributed by atoms with Gasteiger partial charge in [0.05, 0.1) is 0 Å². The van der Waals surface area contributed by atoms with Crippen LogP contribution in [-0.2, 0) is 25.7 Å². The lowest BCUT2D eigenvalue weighted by Crippen LogP contribution is -2.02. The largest absolute Gasteiger partial charge is 0.0689 e. The highest BCUT2D eigenvalue weighted by atomic mass is 14.1. The lowest BCUT2D eigenvalue weighted by molar-refractivity contribution is 0.916. The maximum absolute atomic E-state index is 3.30. The summed E-state index contributed by atoms with van der Waals surface area (Å²) in [6, 6.07) is 13.6. The Morgan fingerprint density at radius 3 is 1.59 bits per heavy atom. The third-order valence-electron chi connectivity index (χ3n) is 4.38. The van der Waals surface area contributed by atoms with E-state index in [1.165, 1.54) is 33.4 Å². The molecule has 0 saturated heterocycles. The molecule has 0 atom stereocenters. The first-order chi connectivity index (χ1) is 10.9. The number of fused-ring (bicyclic) bond motifs is 2. The van der Waals surface area contributed by atoms with Gasteiger partial charge in [0.25, 0.3) is 0 Å². The van der Waals surface area contributed by atoms with Crippen molar-refractivity contribution in [2.45, 2.75) is 25.7 Å². The Bertz CT molecular complexity index is 814. The molecule has 8 rings (SSSR count). The van der Waals surface area contributed by atoms with Crippen molar-refractivity contribution in [3.05, 3.63) is 81.9 Å². The molecule has 0 aromatic heterocycles. The zero-order chi connectivity index (χ0) is 14.8. The van der Waals surface area contributed by atoms with Crippen LogP contribution >= 0.6 is 0 Å². The van der Waals surface area contributed by atoms with E-state index in [2.05, 4.69) is 60.1 Å². The van der Waals surface area contributed by atoms with E-state index in [4.69, 9.17) is 0 Å². The minimum Gasteiger partial charge on any atom is -0.0689 e. The van der Waals surface area contributed by atoms with Crippen LogP contribution in [0.15, 0.2) is 48.6 Å². The van der Waals surface area contributed by atoms with Crippen LogP contribution in [-0.4, -0.2) is 0 Å². The highest BCUT2D eigenvalue weighted by molar-refractivity contribution is 5.50. The van der Waals surface area contributed by atoms with E-state index < -0.39 is 0 Å². The van der Waals surface area contributed by atoms with Crippen LogP contribution in [0.25, 0.3) is 0 Å². The van der Waals surface area contributed by atoms with Crippen LogP contribution in [0.3, 0.4) is 0 Å². The molecule has 0 heterocycles. The average Bonchev–Trinajstić information content (AvgIpc) is 2.55. The molecule has 0 spiro atoms. The van der Waals surface area contributed by atoms with Gasteiger partial charge in [-0.1, -0.05) is 47.9 Å². The van der Waals surface area contributed by atoms with Gasteiger partial charge in [0, 0.05) is 11.1 Å². The molecule has 0 N–H and O–H groups in total. The summed E-state index contributed by atoms with van der Waals surface area (Å²) < 4.78 is 0. The highest BCUT2D eigenvalue weighted by Crippen LogP contribution is 2.21. The van der Waals surface area contributed by atoms with Gasteiger partial charge in [0.2, 0.25) is 0 Å². The van der Waals surface area contributed by atoms with Crippen LogP contribution in [0.2, 0.25) is 0 Å². The minimum atomic E-state index is 1.03. The molecule has 0 amide bonds. The molecule has 104 valence electrons. The quantitative estimate of drug-likeness (QED) is 0.643. The van der Waals surface area contributed by atoms with E-state index in [9.17, 15) is 0 Å². The number of rotatable bonds is 0. The second kappa shape index (κ2) is 5.59. The molecule has 2 aromatic rings. The van der Waals surface area contributed by atoms with E-state index in [0.717, 1.165) is 25.7 Å². The van der Waals surface area contributed by atoms with Gasteiger partial charge < -0.3 is 0 Å². The second-order valence-corrected chi connectivity index (χ2v) is 5.86. The molecule has 0 heteroatoms. The van der Waals surface area contributed by atoms with Gasteiger partial charge in [-0.15, -0.1) is 0 Å². The van der Waals surface area contributed by atoms with Gasteiger partial charge in [0.1, 0.15) is 0 Å². The van der Waals surface area contributed by atoms with Crippen molar-refractivity contribution in [3.63, 3.8) is 0 Å². The first kappa shape index (κ1) is 13.0. The predicted molar refractivity (Wildman–Crippen MR) is 90.6 cm³/mol. The van der Waals surface area contributed by atoms with Gasteiger partial charge in [0.15, 0.2) is 0 Å². The maximum Gasteiger partial charge on any atom is 0.0283 e. The van der Waals surface area contributed by atoms with Crippen LogP contribution in [0, 0.1) is 23.7 Å². The fourth-order valence-corrected chi connectivity index (χ4v) is 3.11. The Labute approximate surface area is 131 Å². The summed E-state index contributed by atoms with van der Waals surface area (Å²) in [6.45, 7) is 0. The molecule has 0 fully saturated rings. The molecular weight excluding hydrogens is 264 g/mol. The first-order valence-electron chi connectivity index (χ1n) is 7.80. The first-order valence-corrected chi connectivity index (χ1v) is 7.80. The van der Waals surface area contributed by atoms with Gasteiger partial charge >= 0.3 is 0 Å². The van der Waals surface area contributed by atoms with Crippen molar-refractivity contribution in [2.24, 2.45) is 0 Å². The topological polar surface area (TPSA) is 0 Å². The van der Waals surface area contributed by atoms with E-state index >= 15 is 0 Å². The molecule has 0 saturated carbocycles. The lowest BCUT2D eigenvalue weighted by atomic mass is 9.91. The molecule has 0 unspecified atom stereocenters. The predicted octanol–water partition coefficient (Wildman–Crippen LogP) is 3.84. The minimum absolute atomic E-state index is 1.03. The molecule has 22 heavy (non-hydrogen) atoms. The van der Waals surface area contributed by atoms with Gasteiger partial charge in [-0.2, -0.15) is 0 Å². The molecule has 0 aliphatic heterocycles. The summed E-state index contributed by atoms with van der Waals surface area (Å²) in [5.74, 6) is 12.8. The normalized spacial score (nSPS) is 15.8. The summed E-state index contributed by atoms with van der Waals surface area (Å²) in [5.41, 5.74) is 7.75. The molecule has 6 aliphatic carbocycles. The van der Waals surface area contributed by atoms with Crippen molar-refractivity contribution in [1.82, 2.24) is 0 Å². The van der Waals surface area contributed by atoms with Crippen molar-refractivity contribution in [3.8, 4) is 23.7 Å². The van der Waals surface area contributed by atoms with E-state index in [0.29, 0.717) is 0 Å². The second-order valence-electron chi connectivity index (χ2n) is 5.86. The Balaban J connectivity index is 1.97. The van der Waals surface area contributed by atoms with Crippen molar-refractivity contribution in [2.75, 3.05) is 0 Å². The van der Waals surface area contributed by atoms with Gasteiger partial charge in [-0.05, 0) is 72.2 Å². The Hall–Kier alpha value is -2.70. The van der Waals surface area contributed by atoms with E-state index in [-0.39, 0.29) is 0 Å². The summed E-state index contributed by atoms with van der Waals surface area (Å²) in [5, 5.41) is 0. The average molecular weight is 280 g/mol. The van der Waals surface area contributed by atoms with E-state index in [1.54, 1.807) is 0 Å².